The molecule has 188 valence electrons. The molecule has 1 aromatic rings. The van der Waals surface area contributed by atoms with Crippen molar-refractivity contribution in [3.05, 3.63) is 65.0 Å². The van der Waals surface area contributed by atoms with Crippen LogP contribution in [0.4, 0.5) is 10.5 Å². The quantitative estimate of drug-likeness (QED) is 0.408. The predicted molar refractivity (Wildman–Crippen MR) is 143 cm³/mol. The highest BCUT2D eigenvalue weighted by Crippen LogP contribution is 2.24. The predicted octanol–water partition coefficient (Wildman–Crippen LogP) is 6.30. The molecule has 35 heavy (non-hydrogen) atoms. The number of rotatable bonds is 9. The molecule has 0 saturated heterocycles. The fraction of sp³-hybridized carbons (Fsp3) is 0.464. The number of methoxy groups -OCH3 is 1. The first-order chi connectivity index (χ1) is 16.8. The number of carbonyl (C=O) groups is 1. The third-order valence-corrected chi connectivity index (χ3v) is 5.60. The maximum atomic E-state index is 12.0. The number of hydrogen-bond acceptors (Lipinski definition) is 6. The zero-order valence-corrected chi connectivity index (χ0v) is 21.4. The Kier molecular flexibility index (Phi) is 9.85. The SMILES string of the molecule is COCCCC1=CC(C2=NC=NC(Nc3ccccc3CNC(=O)OC(C)(C)C)=CCC2)=CCC1. The number of ether oxygens (including phenoxy) is 2. The average Bonchev–Trinajstić information content (AvgIpc) is 2.79. The molecular formula is C28H38N4O3. The van der Waals surface area contributed by atoms with Crippen molar-refractivity contribution in [2.24, 2.45) is 9.98 Å². The van der Waals surface area contributed by atoms with Crippen LogP contribution in [-0.2, 0) is 16.0 Å². The van der Waals surface area contributed by atoms with Crippen LogP contribution in [0.15, 0.2) is 69.4 Å². The minimum absolute atomic E-state index is 0.352. The van der Waals surface area contributed by atoms with Crippen LogP contribution < -0.4 is 10.6 Å². The first kappa shape index (κ1) is 26.4. The number of benzene rings is 1. The minimum Gasteiger partial charge on any atom is -0.444 e. The number of nitrogens with one attached hydrogen (secondary N) is 2. The number of amides is 1. The standard InChI is InChI=1S/C28H38N4O3/c1-28(2,3)35-27(33)29-19-23-12-5-6-14-25(23)32-26-16-8-15-24(30-20-31-26)22-13-7-10-21(18-22)11-9-17-34-4/h5-6,12-14,16,18,20,32H,7-11,15,17,19H2,1-4H3,(H,29,33). The van der Waals surface area contributed by atoms with Crippen LogP contribution >= 0.6 is 0 Å². The van der Waals surface area contributed by atoms with E-state index in [1.54, 1.807) is 13.4 Å². The van der Waals surface area contributed by atoms with Crippen molar-refractivity contribution in [2.75, 3.05) is 19.0 Å². The molecule has 3 rings (SSSR count). The van der Waals surface area contributed by atoms with Gasteiger partial charge in [-0.15, -0.1) is 0 Å². The fourth-order valence-corrected chi connectivity index (χ4v) is 3.95. The van der Waals surface area contributed by atoms with Gasteiger partial charge in [-0.2, -0.15) is 0 Å². The first-order valence-electron chi connectivity index (χ1n) is 12.3. The molecule has 1 aromatic carbocycles. The van der Waals surface area contributed by atoms with Crippen LogP contribution in [0, 0.1) is 0 Å². The molecule has 1 amide bonds. The van der Waals surface area contributed by atoms with Crippen molar-refractivity contribution in [1.82, 2.24) is 5.32 Å². The lowest BCUT2D eigenvalue weighted by Crippen LogP contribution is -2.32. The maximum absolute atomic E-state index is 12.0. The number of carbonyl (C=O) groups excluding carboxylic acids is 1. The lowest BCUT2D eigenvalue weighted by atomic mass is 9.92. The van der Waals surface area contributed by atoms with Gasteiger partial charge < -0.3 is 20.1 Å². The first-order valence-corrected chi connectivity index (χ1v) is 12.3. The van der Waals surface area contributed by atoms with E-state index in [2.05, 4.69) is 38.8 Å². The van der Waals surface area contributed by atoms with Crippen LogP contribution in [0.2, 0.25) is 0 Å². The lowest BCUT2D eigenvalue weighted by molar-refractivity contribution is 0.0523. The van der Waals surface area contributed by atoms with Crippen LogP contribution in [0.5, 0.6) is 0 Å². The fourth-order valence-electron chi connectivity index (χ4n) is 3.95. The molecule has 0 spiro atoms. The molecule has 1 heterocycles. The summed E-state index contributed by atoms with van der Waals surface area (Å²) in [4.78, 5) is 21.3. The Morgan fingerprint density at radius 1 is 1.11 bits per heavy atom. The zero-order valence-electron chi connectivity index (χ0n) is 21.4. The summed E-state index contributed by atoms with van der Waals surface area (Å²) >= 11 is 0. The summed E-state index contributed by atoms with van der Waals surface area (Å²) in [5, 5.41) is 6.20. The van der Waals surface area contributed by atoms with Crippen molar-refractivity contribution < 1.29 is 14.3 Å². The number of para-hydroxylation sites is 1. The molecule has 2 aliphatic rings. The molecule has 1 aliphatic heterocycles. The summed E-state index contributed by atoms with van der Waals surface area (Å²) in [5.41, 5.74) is 5.06. The Labute approximate surface area is 209 Å². The third kappa shape index (κ3) is 9.17. The minimum atomic E-state index is -0.533. The van der Waals surface area contributed by atoms with E-state index in [0.29, 0.717) is 6.54 Å². The number of alkyl carbamates (subject to hydrolysis) is 1. The number of allylic oxidation sites excluding steroid dienone is 5. The summed E-state index contributed by atoms with van der Waals surface area (Å²) in [6.45, 7) is 6.68. The van der Waals surface area contributed by atoms with E-state index < -0.39 is 11.7 Å². The Morgan fingerprint density at radius 3 is 2.71 bits per heavy atom. The molecule has 2 N–H and O–H groups in total. The van der Waals surface area contributed by atoms with Gasteiger partial charge in [-0.3, -0.25) is 0 Å². The van der Waals surface area contributed by atoms with Crippen LogP contribution in [0.25, 0.3) is 0 Å². The third-order valence-electron chi connectivity index (χ3n) is 5.60. The Balaban J connectivity index is 1.61. The van der Waals surface area contributed by atoms with Crippen LogP contribution in [0.3, 0.4) is 0 Å². The monoisotopic (exact) mass is 478 g/mol. The largest absolute Gasteiger partial charge is 0.444 e. The van der Waals surface area contributed by atoms with E-state index in [0.717, 1.165) is 67.9 Å². The number of nitrogens with zero attached hydrogens (tertiary/aromatic N) is 2. The second-order valence-corrected chi connectivity index (χ2v) is 9.68. The normalized spacial score (nSPS) is 16.2. The second-order valence-electron chi connectivity index (χ2n) is 9.68. The highest BCUT2D eigenvalue weighted by atomic mass is 16.6. The summed E-state index contributed by atoms with van der Waals surface area (Å²) in [7, 11) is 1.75. The molecule has 7 nitrogen and oxygen atoms in total. The van der Waals surface area contributed by atoms with Crippen LogP contribution in [0.1, 0.15) is 64.9 Å². The summed E-state index contributed by atoms with van der Waals surface area (Å²) in [5.74, 6) is 0.742. The highest BCUT2D eigenvalue weighted by Gasteiger charge is 2.16. The van der Waals surface area contributed by atoms with Gasteiger partial charge in [-0.25, -0.2) is 14.8 Å². The molecule has 0 bridgehead atoms. The van der Waals surface area contributed by atoms with Gasteiger partial charge >= 0.3 is 6.09 Å². The molecule has 7 heteroatoms. The summed E-state index contributed by atoms with van der Waals surface area (Å²) in [6.07, 6.45) is 13.8. The van der Waals surface area contributed by atoms with Gasteiger partial charge in [-0.1, -0.05) is 35.9 Å². The topological polar surface area (TPSA) is 84.3 Å². The molecule has 0 atom stereocenters. The molecular weight excluding hydrogens is 440 g/mol. The van der Waals surface area contributed by atoms with Crippen LogP contribution in [-0.4, -0.2) is 37.5 Å². The van der Waals surface area contributed by atoms with Gasteiger partial charge in [0.1, 0.15) is 17.8 Å². The van der Waals surface area contributed by atoms with E-state index in [-0.39, 0.29) is 0 Å². The van der Waals surface area contributed by atoms with Crippen molar-refractivity contribution in [2.45, 2.75) is 71.4 Å². The average molecular weight is 479 g/mol. The smallest absolute Gasteiger partial charge is 0.407 e. The Bertz CT molecular complexity index is 1030. The van der Waals surface area contributed by atoms with Crippen molar-refractivity contribution in [3.63, 3.8) is 0 Å². The summed E-state index contributed by atoms with van der Waals surface area (Å²) in [6, 6.07) is 7.83. The van der Waals surface area contributed by atoms with E-state index in [4.69, 9.17) is 9.47 Å². The van der Waals surface area contributed by atoms with Crippen molar-refractivity contribution in [3.8, 4) is 0 Å². The van der Waals surface area contributed by atoms with Gasteiger partial charge in [0, 0.05) is 31.7 Å². The van der Waals surface area contributed by atoms with E-state index in [9.17, 15) is 4.79 Å². The van der Waals surface area contributed by atoms with E-state index in [1.165, 1.54) is 11.1 Å². The van der Waals surface area contributed by atoms with E-state index in [1.807, 2.05) is 45.0 Å². The van der Waals surface area contributed by atoms with Crippen molar-refractivity contribution >= 4 is 23.8 Å². The Hall–Kier alpha value is -3.19. The lowest BCUT2D eigenvalue weighted by Gasteiger charge is -2.20. The number of hydrogen-bond donors (Lipinski definition) is 2. The molecule has 0 saturated carbocycles. The second kappa shape index (κ2) is 13.0. The highest BCUT2D eigenvalue weighted by molar-refractivity contribution is 6.06. The molecule has 1 aliphatic carbocycles. The number of aliphatic imine (C=N–C) groups is 2. The van der Waals surface area contributed by atoms with Gasteiger partial charge in [0.05, 0.1) is 0 Å². The van der Waals surface area contributed by atoms with Crippen molar-refractivity contribution in [1.29, 1.82) is 0 Å². The molecule has 0 unspecified atom stereocenters. The molecule has 0 aromatic heterocycles. The summed E-state index contributed by atoms with van der Waals surface area (Å²) < 4.78 is 10.5. The zero-order chi connectivity index (χ0) is 25.1. The van der Waals surface area contributed by atoms with Gasteiger partial charge in [-0.05, 0) is 82.6 Å². The Morgan fingerprint density at radius 2 is 1.91 bits per heavy atom. The molecule has 0 radical (unpaired) electrons. The van der Waals surface area contributed by atoms with Gasteiger partial charge in [0.2, 0.25) is 0 Å². The van der Waals surface area contributed by atoms with E-state index >= 15 is 0 Å². The maximum Gasteiger partial charge on any atom is 0.407 e. The number of anilines is 1. The molecule has 0 fully saturated rings. The van der Waals surface area contributed by atoms with Gasteiger partial charge in [0.15, 0.2) is 0 Å². The van der Waals surface area contributed by atoms with Gasteiger partial charge in [0.25, 0.3) is 0 Å².